The fourth-order valence-electron chi connectivity index (χ4n) is 5.99. The highest BCUT2D eigenvalue weighted by Gasteiger charge is 2.36. The fraction of sp³-hybridized carbons (Fsp3) is 0.333. The van der Waals surface area contributed by atoms with Gasteiger partial charge in [-0.1, -0.05) is 12.1 Å². The highest BCUT2D eigenvalue weighted by Crippen LogP contribution is 2.45. The van der Waals surface area contributed by atoms with E-state index in [-0.39, 0.29) is 17.7 Å². The van der Waals surface area contributed by atoms with E-state index in [0.717, 1.165) is 53.8 Å². The number of aliphatic hydroxyl groups is 1. The third-order valence-corrected chi connectivity index (χ3v) is 9.15. The predicted molar refractivity (Wildman–Crippen MR) is 148 cm³/mol. The van der Waals surface area contributed by atoms with Crippen molar-refractivity contribution in [3.8, 4) is 17.2 Å². The van der Waals surface area contributed by atoms with Crippen LogP contribution in [0.25, 0.3) is 10.9 Å². The molecule has 0 saturated heterocycles. The number of nitrogens with zero attached hydrogens (tertiary/aromatic N) is 2. The van der Waals surface area contributed by atoms with Crippen molar-refractivity contribution < 1.29 is 27.7 Å². The quantitative estimate of drug-likeness (QED) is 0.369. The molecule has 0 fully saturated rings. The van der Waals surface area contributed by atoms with Gasteiger partial charge in [-0.3, -0.25) is 4.90 Å². The number of aromatic nitrogens is 1. The standard InChI is InChI=1S/C30H32N2O6S/c1-36-21-6-9-26-24(13-21)25-14-27-23-15-30(38-17-19-4-7-22(8-5-19)39(3,34)35)29(37-2)12-20(23)10-11-31(27)16-28(25)32(26)18-33/h4-9,12-13,15,27,33H,10-11,14,16-18H2,1-3H3. The summed E-state index contributed by atoms with van der Waals surface area (Å²) in [7, 11) is 0.0727. The Labute approximate surface area is 228 Å². The molecule has 39 heavy (non-hydrogen) atoms. The number of sulfone groups is 1. The van der Waals surface area contributed by atoms with Gasteiger partial charge in [-0.25, -0.2) is 8.42 Å². The van der Waals surface area contributed by atoms with Crippen molar-refractivity contribution in [3.05, 3.63) is 82.5 Å². The monoisotopic (exact) mass is 548 g/mol. The number of aliphatic hydroxyl groups excluding tert-OH is 1. The van der Waals surface area contributed by atoms with E-state index in [1.165, 1.54) is 22.9 Å². The van der Waals surface area contributed by atoms with Gasteiger partial charge < -0.3 is 23.9 Å². The van der Waals surface area contributed by atoms with Gasteiger partial charge in [0.15, 0.2) is 21.3 Å². The van der Waals surface area contributed by atoms with Gasteiger partial charge in [0, 0.05) is 36.5 Å². The molecule has 204 valence electrons. The first-order valence-electron chi connectivity index (χ1n) is 13.0. The fourth-order valence-corrected chi connectivity index (χ4v) is 6.62. The van der Waals surface area contributed by atoms with E-state index < -0.39 is 9.84 Å². The maximum Gasteiger partial charge on any atom is 0.175 e. The maximum atomic E-state index is 11.8. The molecule has 3 heterocycles. The minimum atomic E-state index is -3.25. The van der Waals surface area contributed by atoms with Gasteiger partial charge in [-0.05, 0) is 77.6 Å². The van der Waals surface area contributed by atoms with Crippen LogP contribution < -0.4 is 14.2 Å². The lowest BCUT2D eigenvalue weighted by molar-refractivity contribution is 0.145. The molecule has 2 aliphatic rings. The number of hydrogen-bond donors (Lipinski definition) is 1. The van der Waals surface area contributed by atoms with E-state index in [9.17, 15) is 13.5 Å². The zero-order valence-corrected chi connectivity index (χ0v) is 23.1. The van der Waals surface area contributed by atoms with Crippen LogP contribution in [0.3, 0.4) is 0 Å². The summed E-state index contributed by atoms with van der Waals surface area (Å²) in [4.78, 5) is 2.77. The Bertz CT molecular complexity index is 1660. The predicted octanol–water partition coefficient (Wildman–Crippen LogP) is 4.25. The average molecular weight is 549 g/mol. The van der Waals surface area contributed by atoms with Gasteiger partial charge in [0.2, 0.25) is 0 Å². The summed E-state index contributed by atoms with van der Waals surface area (Å²) in [6, 6.07) is 17.2. The Morgan fingerprint density at radius 2 is 1.79 bits per heavy atom. The highest BCUT2D eigenvalue weighted by atomic mass is 32.2. The van der Waals surface area contributed by atoms with E-state index >= 15 is 0 Å². The Balaban J connectivity index is 1.33. The van der Waals surface area contributed by atoms with Crippen LogP contribution in [-0.2, 0) is 42.6 Å². The van der Waals surface area contributed by atoms with E-state index in [4.69, 9.17) is 14.2 Å². The molecule has 1 unspecified atom stereocenters. The smallest absolute Gasteiger partial charge is 0.175 e. The lowest BCUT2D eigenvalue weighted by Crippen LogP contribution is -2.39. The lowest BCUT2D eigenvalue weighted by atomic mass is 9.85. The van der Waals surface area contributed by atoms with Crippen LogP contribution in [0.5, 0.6) is 17.2 Å². The number of benzene rings is 3. The molecule has 6 rings (SSSR count). The molecular formula is C30H32N2O6S. The van der Waals surface area contributed by atoms with Crippen molar-refractivity contribution in [1.82, 2.24) is 9.47 Å². The van der Waals surface area contributed by atoms with Crippen molar-refractivity contribution in [2.75, 3.05) is 27.0 Å². The minimum Gasteiger partial charge on any atom is -0.497 e. The molecule has 0 aliphatic carbocycles. The van der Waals surface area contributed by atoms with Crippen molar-refractivity contribution >= 4 is 20.7 Å². The normalized spacial score (nSPS) is 16.9. The Hall–Kier alpha value is -3.53. The molecule has 1 N–H and O–H groups in total. The molecule has 0 spiro atoms. The summed E-state index contributed by atoms with van der Waals surface area (Å²) in [6.45, 7) is 1.91. The van der Waals surface area contributed by atoms with Crippen LogP contribution >= 0.6 is 0 Å². The summed E-state index contributed by atoms with van der Waals surface area (Å²) >= 11 is 0. The summed E-state index contributed by atoms with van der Waals surface area (Å²) in [5.41, 5.74) is 6.77. The summed E-state index contributed by atoms with van der Waals surface area (Å²) in [5.74, 6) is 2.15. The molecule has 9 heteroatoms. The number of rotatable bonds is 7. The van der Waals surface area contributed by atoms with E-state index in [1.54, 1.807) is 38.5 Å². The molecule has 0 amide bonds. The molecule has 4 aromatic rings. The van der Waals surface area contributed by atoms with Crippen LogP contribution in [-0.4, -0.2) is 50.0 Å². The van der Waals surface area contributed by atoms with Crippen LogP contribution in [0.1, 0.15) is 34.0 Å². The first kappa shape index (κ1) is 25.7. The third-order valence-electron chi connectivity index (χ3n) is 8.02. The highest BCUT2D eigenvalue weighted by molar-refractivity contribution is 7.90. The molecule has 3 aromatic carbocycles. The zero-order chi connectivity index (χ0) is 27.3. The SMILES string of the molecule is COc1ccc2c(c1)c1c(n2CO)CN2CCc3cc(OC)c(OCc4ccc(S(C)(=O)=O)cc4)cc3C2C1. The van der Waals surface area contributed by atoms with E-state index in [2.05, 4.69) is 23.1 Å². The second kappa shape index (κ2) is 9.89. The number of fused-ring (bicyclic) bond motifs is 6. The first-order valence-corrected chi connectivity index (χ1v) is 14.9. The summed E-state index contributed by atoms with van der Waals surface area (Å²) < 4.78 is 43.0. The minimum absolute atomic E-state index is 0.0619. The van der Waals surface area contributed by atoms with Gasteiger partial charge in [-0.2, -0.15) is 0 Å². The maximum absolute atomic E-state index is 11.8. The average Bonchev–Trinajstić information content (AvgIpc) is 3.25. The van der Waals surface area contributed by atoms with Gasteiger partial charge in [0.05, 0.1) is 24.6 Å². The zero-order valence-electron chi connectivity index (χ0n) is 22.3. The Morgan fingerprint density at radius 3 is 2.49 bits per heavy atom. The first-order chi connectivity index (χ1) is 18.8. The topological polar surface area (TPSA) is 90.2 Å². The molecule has 0 bridgehead atoms. The molecule has 0 radical (unpaired) electrons. The van der Waals surface area contributed by atoms with Gasteiger partial charge in [0.1, 0.15) is 19.1 Å². The van der Waals surface area contributed by atoms with Crippen LogP contribution in [0, 0.1) is 0 Å². The van der Waals surface area contributed by atoms with Crippen molar-refractivity contribution in [2.45, 2.75) is 43.7 Å². The largest absolute Gasteiger partial charge is 0.497 e. The molecule has 0 saturated carbocycles. The molecule has 8 nitrogen and oxygen atoms in total. The van der Waals surface area contributed by atoms with Gasteiger partial charge in [-0.15, -0.1) is 0 Å². The third kappa shape index (κ3) is 4.54. The van der Waals surface area contributed by atoms with E-state index in [1.807, 2.05) is 16.7 Å². The van der Waals surface area contributed by atoms with Crippen molar-refractivity contribution in [2.24, 2.45) is 0 Å². The van der Waals surface area contributed by atoms with Crippen LogP contribution in [0.2, 0.25) is 0 Å². The second-order valence-corrected chi connectivity index (χ2v) is 12.2. The molecular weight excluding hydrogens is 516 g/mol. The number of ether oxygens (including phenoxy) is 3. The number of methoxy groups -OCH3 is 2. The lowest BCUT2D eigenvalue weighted by Gasteiger charge is -2.41. The van der Waals surface area contributed by atoms with Gasteiger partial charge in [0.25, 0.3) is 0 Å². The molecule has 2 aliphatic heterocycles. The summed E-state index contributed by atoms with van der Waals surface area (Å²) in [5, 5.41) is 11.3. The van der Waals surface area contributed by atoms with Gasteiger partial charge >= 0.3 is 0 Å². The molecule has 1 aromatic heterocycles. The molecule has 1 atom stereocenters. The Morgan fingerprint density at radius 1 is 1.00 bits per heavy atom. The van der Waals surface area contributed by atoms with Crippen LogP contribution in [0.15, 0.2) is 59.5 Å². The van der Waals surface area contributed by atoms with Crippen molar-refractivity contribution in [1.29, 1.82) is 0 Å². The number of hydrogen-bond acceptors (Lipinski definition) is 7. The van der Waals surface area contributed by atoms with E-state index in [0.29, 0.717) is 18.1 Å². The summed E-state index contributed by atoms with van der Waals surface area (Å²) in [6.07, 6.45) is 2.92. The second-order valence-electron chi connectivity index (χ2n) is 10.2. The van der Waals surface area contributed by atoms with Crippen LogP contribution in [0.4, 0.5) is 0 Å². The Kier molecular flexibility index (Phi) is 6.53. The van der Waals surface area contributed by atoms with Crippen molar-refractivity contribution in [3.63, 3.8) is 0 Å².